The molecule has 0 spiro atoms. The van der Waals surface area contributed by atoms with Gasteiger partial charge in [-0.25, -0.2) is 0 Å². The number of hydrogen-bond donors (Lipinski definition) is 1. The van der Waals surface area contributed by atoms with E-state index in [2.05, 4.69) is 35.0 Å². The molecule has 0 saturated carbocycles. The molecule has 0 heterocycles. The van der Waals surface area contributed by atoms with Crippen molar-refractivity contribution in [1.29, 1.82) is 0 Å². The van der Waals surface area contributed by atoms with E-state index in [0.29, 0.717) is 5.02 Å². The van der Waals surface area contributed by atoms with E-state index in [4.69, 9.17) is 11.6 Å². The summed E-state index contributed by atoms with van der Waals surface area (Å²) >= 11 is 9.61. The quantitative estimate of drug-likeness (QED) is 0.806. The molecule has 0 aliphatic rings. The van der Waals surface area contributed by atoms with Gasteiger partial charge in [0.2, 0.25) is 0 Å². The first kappa shape index (κ1) is 14.6. The molecule has 0 amide bonds. The van der Waals surface area contributed by atoms with E-state index >= 15 is 0 Å². The summed E-state index contributed by atoms with van der Waals surface area (Å²) in [5, 5.41) is 11.2. The standard InChI is InChI=1S/C16H16BrClO/c1-9-6-10(2)15(11(3)7-9)16(19)13-8-12(17)4-5-14(13)18/h4-8,16,19H,1-3H3. The molecular weight excluding hydrogens is 324 g/mol. The SMILES string of the molecule is Cc1cc(C)c(C(O)c2cc(Br)ccc2Cl)c(C)c1. The third-order valence-corrected chi connectivity index (χ3v) is 4.10. The number of hydrogen-bond acceptors (Lipinski definition) is 1. The molecule has 1 N–H and O–H groups in total. The van der Waals surface area contributed by atoms with Crippen molar-refractivity contribution in [1.82, 2.24) is 0 Å². The van der Waals surface area contributed by atoms with Gasteiger partial charge in [-0.05, 0) is 55.7 Å². The van der Waals surface area contributed by atoms with Crippen LogP contribution in [0.2, 0.25) is 5.02 Å². The van der Waals surface area contributed by atoms with Gasteiger partial charge in [0.05, 0.1) is 0 Å². The molecule has 2 rings (SSSR count). The Bertz CT molecular complexity index is 599. The molecule has 2 aromatic rings. The zero-order chi connectivity index (χ0) is 14.2. The van der Waals surface area contributed by atoms with Crippen molar-refractivity contribution in [3.8, 4) is 0 Å². The highest BCUT2D eigenvalue weighted by molar-refractivity contribution is 9.10. The lowest BCUT2D eigenvalue weighted by Gasteiger charge is -2.19. The molecule has 0 aromatic heterocycles. The summed E-state index contributed by atoms with van der Waals surface area (Å²) in [7, 11) is 0. The van der Waals surface area contributed by atoms with Gasteiger partial charge in [0, 0.05) is 15.1 Å². The molecule has 1 nitrogen and oxygen atoms in total. The molecule has 0 saturated heterocycles. The normalized spacial score (nSPS) is 12.5. The molecule has 19 heavy (non-hydrogen) atoms. The second-order valence-electron chi connectivity index (χ2n) is 4.88. The van der Waals surface area contributed by atoms with Crippen molar-refractivity contribution < 1.29 is 5.11 Å². The molecule has 0 radical (unpaired) electrons. The Hall–Kier alpha value is -0.830. The van der Waals surface area contributed by atoms with Crippen LogP contribution in [0.3, 0.4) is 0 Å². The largest absolute Gasteiger partial charge is 0.384 e. The summed E-state index contributed by atoms with van der Waals surface area (Å²) in [5.74, 6) is 0. The van der Waals surface area contributed by atoms with Gasteiger partial charge in [0.15, 0.2) is 0 Å². The Morgan fingerprint density at radius 2 is 1.63 bits per heavy atom. The monoisotopic (exact) mass is 338 g/mol. The van der Waals surface area contributed by atoms with Crippen molar-refractivity contribution in [3.63, 3.8) is 0 Å². The van der Waals surface area contributed by atoms with E-state index < -0.39 is 6.10 Å². The van der Waals surface area contributed by atoms with E-state index in [9.17, 15) is 5.11 Å². The Morgan fingerprint density at radius 3 is 2.21 bits per heavy atom. The molecule has 2 aromatic carbocycles. The number of aryl methyl sites for hydroxylation is 3. The fraction of sp³-hybridized carbons (Fsp3) is 0.250. The molecular formula is C16H16BrClO. The maximum Gasteiger partial charge on any atom is 0.106 e. The van der Waals surface area contributed by atoms with Crippen LogP contribution < -0.4 is 0 Å². The van der Waals surface area contributed by atoms with Crippen LogP contribution in [-0.4, -0.2) is 5.11 Å². The minimum Gasteiger partial charge on any atom is -0.384 e. The van der Waals surface area contributed by atoms with Crippen molar-refractivity contribution >= 4 is 27.5 Å². The third-order valence-electron chi connectivity index (χ3n) is 3.26. The molecule has 1 atom stereocenters. The number of benzene rings is 2. The van der Waals surface area contributed by atoms with Crippen molar-refractivity contribution in [2.24, 2.45) is 0 Å². The maximum absolute atomic E-state index is 10.6. The van der Waals surface area contributed by atoms with Crippen molar-refractivity contribution in [3.05, 3.63) is 67.6 Å². The number of rotatable bonds is 2. The minimum atomic E-state index is -0.703. The topological polar surface area (TPSA) is 20.2 Å². The number of halogens is 2. The molecule has 0 bridgehead atoms. The number of aliphatic hydroxyl groups excluding tert-OH is 1. The average Bonchev–Trinajstić information content (AvgIpc) is 2.30. The second kappa shape index (κ2) is 5.66. The predicted molar refractivity (Wildman–Crippen MR) is 83.9 cm³/mol. The van der Waals surface area contributed by atoms with E-state index in [1.54, 1.807) is 6.07 Å². The van der Waals surface area contributed by atoms with Crippen LogP contribution in [0.5, 0.6) is 0 Å². The summed E-state index contributed by atoms with van der Waals surface area (Å²) in [5.41, 5.74) is 5.03. The molecule has 1 unspecified atom stereocenters. The van der Waals surface area contributed by atoms with E-state index in [1.807, 2.05) is 26.0 Å². The minimum absolute atomic E-state index is 0.579. The van der Waals surface area contributed by atoms with Crippen LogP contribution in [0.15, 0.2) is 34.8 Å². The predicted octanol–water partition coefficient (Wildman–Crippen LogP) is 5.11. The summed E-state index contributed by atoms with van der Waals surface area (Å²) in [6, 6.07) is 9.69. The third kappa shape index (κ3) is 3.02. The van der Waals surface area contributed by atoms with Crippen LogP contribution in [0, 0.1) is 20.8 Å². The molecule has 3 heteroatoms. The lowest BCUT2D eigenvalue weighted by atomic mass is 9.92. The summed E-state index contributed by atoms with van der Waals surface area (Å²) in [4.78, 5) is 0. The Kier molecular flexibility index (Phi) is 4.34. The lowest BCUT2D eigenvalue weighted by molar-refractivity contribution is 0.219. The Morgan fingerprint density at radius 1 is 1.05 bits per heavy atom. The van der Waals surface area contributed by atoms with Gasteiger partial charge in [0.25, 0.3) is 0 Å². The van der Waals surface area contributed by atoms with Gasteiger partial charge >= 0.3 is 0 Å². The fourth-order valence-electron chi connectivity index (χ4n) is 2.50. The van der Waals surface area contributed by atoms with Crippen LogP contribution in [0.25, 0.3) is 0 Å². The Labute approximate surface area is 127 Å². The first-order valence-electron chi connectivity index (χ1n) is 6.11. The van der Waals surface area contributed by atoms with Gasteiger partial charge in [-0.3, -0.25) is 0 Å². The first-order chi connectivity index (χ1) is 8.90. The van der Waals surface area contributed by atoms with Crippen LogP contribution in [-0.2, 0) is 0 Å². The second-order valence-corrected chi connectivity index (χ2v) is 6.20. The van der Waals surface area contributed by atoms with Crippen LogP contribution >= 0.6 is 27.5 Å². The van der Waals surface area contributed by atoms with Gasteiger partial charge in [0.1, 0.15) is 6.10 Å². The Balaban J connectivity index is 2.56. The van der Waals surface area contributed by atoms with E-state index in [1.165, 1.54) is 5.56 Å². The smallest absolute Gasteiger partial charge is 0.106 e. The van der Waals surface area contributed by atoms with E-state index in [0.717, 1.165) is 26.7 Å². The maximum atomic E-state index is 10.6. The zero-order valence-electron chi connectivity index (χ0n) is 11.2. The average molecular weight is 340 g/mol. The lowest BCUT2D eigenvalue weighted by Crippen LogP contribution is -2.06. The number of aliphatic hydroxyl groups is 1. The van der Waals surface area contributed by atoms with Crippen molar-refractivity contribution in [2.45, 2.75) is 26.9 Å². The summed E-state index contributed by atoms with van der Waals surface area (Å²) < 4.78 is 0.911. The molecule has 0 aliphatic heterocycles. The van der Waals surface area contributed by atoms with Crippen LogP contribution in [0.4, 0.5) is 0 Å². The van der Waals surface area contributed by atoms with Crippen molar-refractivity contribution in [2.75, 3.05) is 0 Å². The highest BCUT2D eigenvalue weighted by Gasteiger charge is 2.18. The van der Waals surface area contributed by atoms with Gasteiger partial charge in [-0.15, -0.1) is 0 Å². The fourth-order valence-corrected chi connectivity index (χ4v) is 3.10. The van der Waals surface area contributed by atoms with E-state index in [-0.39, 0.29) is 0 Å². The van der Waals surface area contributed by atoms with Gasteiger partial charge in [-0.2, -0.15) is 0 Å². The van der Waals surface area contributed by atoms with Crippen LogP contribution in [0.1, 0.15) is 33.9 Å². The van der Waals surface area contributed by atoms with Gasteiger partial charge < -0.3 is 5.11 Å². The summed E-state index contributed by atoms with van der Waals surface area (Å²) in [6.45, 7) is 6.09. The molecule has 100 valence electrons. The van der Waals surface area contributed by atoms with Gasteiger partial charge in [-0.1, -0.05) is 45.2 Å². The highest BCUT2D eigenvalue weighted by atomic mass is 79.9. The zero-order valence-corrected chi connectivity index (χ0v) is 13.5. The molecule has 0 aliphatic carbocycles. The summed E-state index contributed by atoms with van der Waals surface area (Å²) in [6.07, 6.45) is -0.703. The highest BCUT2D eigenvalue weighted by Crippen LogP contribution is 2.34. The molecule has 0 fully saturated rings. The first-order valence-corrected chi connectivity index (χ1v) is 7.28.